The number of para-hydroxylation sites is 1. The molecule has 0 aliphatic carbocycles. The van der Waals surface area contributed by atoms with E-state index in [4.69, 9.17) is 4.74 Å². The number of ether oxygens (including phenoxy) is 1. The number of carbonyl (C=O) groups excluding carboxylic acids is 1. The number of nitrogens with one attached hydrogen (secondary N) is 1. The lowest BCUT2D eigenvalue weighted by Crippen LogP contribution is -2.31. The number of carbonyl (C=O) groups is 1. The van der Waals surface area contributed by atoms with Crippen LogP contribution >= 0.6 is 0 Å². The average molecular weight is 325 g/mol. The van der Waals surface area contributed by atoms with Crippen LogP contribution in [0.25, 0.3) is 0 Å². The number of aryl methyl sites for hydroxylation is 3. The molecule has 128 valence electrons. The van der Waals surface area contributed by atoms with Gasteiger partial charge in [-0.15, -0.1) is 0 Å². The molecule has 24 heavy (non-hydrogen) atoms. The lowest BCUT2D eigenvalue weighted by molar-refractivity contribution is -0.122. The Bertz CT molecular complexity index is 714. The maximum atomic E-state index is 12.6. The van der Waals surface area contributed by atoms with Gasteiger partial charge in [0.1, 0.15) is 5.75 Å². The van der Waals surface area contributed by atoms with Gasteiger partial charge in [-0.1, -0.05) is 44.2 Å². The standard InChI is InChI=1S/C21H27NO2/c1-13(2)18-11-10-14(3)12-19(18)24-17(6)21(23)22-20-15(4)8-7-9-16(20)5/h7-13,17H,1-6H3,(H,22,23)/t17-/m1/s1. The Morgan fingerprint density at radius 1 is 1.00 bits per heavy atom. The minimum Gasteiger partial charge on any atom is -0.481 e. The zero-order valence-corrected chi connectivity index (χ0v) is 15.4. The molecule has 3 nitrogen and oxygen atoms in total. The quantitative estimate of drug-likeness (QED) is 0.826. The molecule has 0 unspecified atom stereocenters. The molecule has 0 heterocycles. The molecule has 1 N–H and O–H groups in total. The van der Waals surface area contributed by atoms with Crippen LogP contribution in [-0.2, 0) is 4.79 Å². The monoisotopic (exact) mass is 325 g/mol. The molecule has 0 saturated heterocycles. The van der Waals surface area contributed by atoms with Crippen molar-refractivity contribution in [1.82, 2.24) is 0 Å². The molecule has 0 bridgehead atoms. The van der Waals surface area contributed by atoms with Gasteiger partial charge in [0, 0.05) is 5.69 Å². The van der Waals surface area contributed by atoms with E-state index in [0.29, 0.717) is 5.92 Å². The second-order valence-corrected chi connectivity index (χ2v) is 6.71. The van der Waals surface area contributed by atoms with E-state index in [1.54, 1.807) is 6.92 Å². The number of hydrogen-bond donors (Lipinski definition) is 1. The van der Waals surface area contributed by atoms with E-state index < -0.39 is 6.10 Å². The highest BCUT2D eigenvalue weighted by atomic mass is 16.5. The predicted octanol–water partition coefficient (Wildman–Crippen LogP) is 5.14. The third kappa shape index (κ3) is 4.16. The van der Waals surface area contributed by atoms with Gasteiger partial charge in [-0.05, 0) is 61.9 Å². The Kier molecular flexibility index (Phi) is 5.66. The van der Waals surface area contributed by atoms with Gasteiger partial charge < -0.3 is 10.1 Å². The fourth-order valence-corrected chi connectivity index (χ4v) is 2.70. The summed E-state index contributed by atoms with van der Waals surface area (Å²) in [6.45, 7) is 12.0. The van der Waals surface area contributed by atoms with Crippen molar-refractivity contribution in [1.29, 1.82) is 0 Å². The van der Waals surface area contributed by atoms with Crippen molar-refractivity contribution in [2.75, 3.05) is 5.32 Å². The zero-order valence-electron chi connectivity index (χ0n) is 15.4. The van der Waals surface area contributed by atoms with E-state index in [9.17, 15) is 4.79 Å². The van der Waals surface area contributed by atoms with Crippen molar-refractivity contribution >= 4 is 11.6 Å². The Labute approximate surface area is 145 Å². The molecule has 3 heteroatoms. The first-order chi connectivity index (χ1) is 11.3. The topological polar surface area (TPSA) is 38.3 Å². The van der Waals surface area contributed by atoms with Crippen molar-refractivity contribution < 1.29 is 9.53 Å². The minimum absolute atomic E-state index is 0.136. The fraction of sp³-hybridized carbons (Fsp3) is 0.381. The largest absolute Gasteiger partial charge is 0.481 e. The summed E-state index contributed by atoms with van der Waals surface area (Å²) in [4.78, 5) is 12.6. The van der Waals surface area contributed by atoms with E-state index in [-0.39, 0.29) is 5.91 Å². The van der Waals surface area contributed by atoms with Crippen LogP contribution in [0.2, 0.25) is 0 Å². The minimum atomic E-state index is -0.566. The fourth-order valence-electron chi connectivity index (χ4n) is 2.70. The summed E-state index contributed by atoms with van der Waals surface area (Å²) in [7, 11) is 0. The Balaban J connectivity index is 2.17. The average Bonchev–Trinajstić information content (AvgIpc) is 2.50. The third-order valence-electron chi connectivity index (χ3n) is 4.19. The van der Waals surface area contributed by atoms with E-state index in [2.05, 4.69) is 31.3 Å². The molecule has 1 amide bonds. The van der Waals surface area contributed by atoms with Crippen LogP contribution in [-0.4, -0.2) is 12.0 Å². The van der Waals surface area contributed by atoms with Crippen LogP contribution in [0, 0.1) is 20.8 Å². The zero-order chi connectivity index (χ0) is 17.9. The molecule has 0 aliphatic rings. The second kappa shape index (κ2) is 7.52. The first-order valence-electron chi connectivity index (χ1n) is 8.44. The number of benzene rings is 2. The summed E-state index contributed by atoms with van der Waals surface area (Å²) in [5.41, 5.74) is 5.21. The van der Waals surface area contributed by atoms with E-state index in [0.717, 1.165) is 33.7 Å². The van der Waals surface area contributed by atoms with Crippen molar-refractivity contribution in [3.05, 3.63) is 58.7 Å². The molecule has 0 radical (unpaired) electrons. The lowest BCUT2D eigenvalue weighted by atomic mass is 10.0. The molecule has 0 saturated carbocycles. The first kappa shape index (κ1) is 18.1. The van der Waals surface area contributed by atoms with Crippen LogP contribution < -0.4 is 10.1 Å². The normalized spacial score (nSPS) is 12.1. The molecule has 2 aromatic carbocycles. The number of amides is 1. The molecule has 0 fully saturated rings. The first-order valence-corrected chi connectivity index (χ1v) is 8.44. The summed E-state index contributed by atoms with van der Waals surface area (Å²) in [6, 6.07) is 12.1. The van der Waals surface area contributed by atoms with Crippen LogP contribution in [0.4, 0.5) is 5.69 Å². The van der Waals surface area contributed by atoms with Gasteiger partial charge in [-0.2, -0.15) is 0 Å². The highest BCUT2D eigenvalue weighted by molar-refractivity contribution is 5.95. The van der Waals surface area contributed by atoms with Crippen LogP contribution in [0.15, 0.2) is 36.4 Å². The van der Waals surface area contributed by atoms with E-state index in [1.165, 1.54) is 0 Å². The molecule has 0 spiro atoms. The molecule has 0 aromatic heterocycles. The van der Waals surface area contributed by atoms with Gasteiger partial charge in [0.15, 0.2) is 6.10 Å². The van der Waals surface area contributed by atoms with Gasteiger partial charge in [-0.3, -0.25) is 4.79 Å². The summed E-state index contributed by atoms with van der Waals surface area (Å²) in [5.74, 6) is 0.993. The van der Waals surface area contributed by atoms with Gasteiger partial charge in [0.25, 0.3) is 5.91 Å². The molecule has 0 aliphatic heterocycles. The number of anilines is 1. The number of rotatable bonds is 5. The van der Waals surface area contributed by atoms with Gasteiger partial charge >= 0.3 is 0 Å². The van der Waals surface area contributed by atoms with Crippen molar-refractivity contribution in [2.45, 2.75) is 53.6 Å². The summed E-state index contributed by atoms with van der Waals surface area (Å²) < 4.78 is 5.99. The Morgan fingerprint density at radius 3 is 2.21 bits per heavy atom. The Morgan fingerprint density at radius 2 is 1.62 bits per heavy atom. The Hall–Kier alpha value is -2.29. The molecule has 1 atom stereocenters. The van der Waals surface area contributed by atoms with Crippen LogP contribution in [0.3, 0.4) is 0 Å². The molecule has 2 aromatic rings. The highest BCUT2D eigenvalue weighted by Gasteiger charge is 2.19. The SMILES string of the molecule is Cc1ccc(C(C)C)c(O[C@H](C)C(=O)Nc2c(C)cccc2C)c1. The third-order valence-corrected chi connectivity index (χ3v) is 4.19. The van der Waals surface area contributed by atoms with Gasteiger partial charge in [0.05, 0.1) is 0 Å². The predicted molar refractivity (Wildman–Crippen MR) is 99.9 cm³/mol. The maximum Gasteiger partial charge on any atom is 0.265 e. The van der Waals surface area contributed by atoms with Gasteiger partial charge in [0.2, 0.25) is 0 Å². The summed E-state index contributed by atoms with van der Waals surface area (Å²) in [6.07, 6.45) is -0.566. The molecule has 2 rings (SSSR count). The van der Waals surface area contributed by atoms with Gasteiger partial charge in [-0.25, -0.2) is 0 Å². The number of hydrogen-bond acceptors (Lipinski definition) is 2. The summed E-state index contributed by atoms with van der Waals surface area (Å²) >= 11 is 0. The van der Waals surface area contributed by atoms with Crippen LogP contribution in [0.1, 0.15) is 48.9 Å². The molecular formula is C21H27NO2. The second-order valence-electron chi connectivity index (χ2n) is 6.71. The van der Waals surface area contributed by atoms with E-state index >= 15 is 0 Å². The molecular weight excluding hydrogens is 298 g/mol. The van der Waals surface area contributed by atoms with Crippen LogP contribution in [0.5, 0.6) is 5.75 Å². The highest BCUT2D eigenvalue weighted by Crippen LogP contribution is 2.28. The smallest absolute Gasteiger partial charge is 0.265 e. The summed E-state index contributed by atoms with van der Waals surface area (Å²) in [5, 5.41) is 3.00. The van der Waals surface area contributed by atoms with Crippen molar-refractivity contribution in [3.63, 3.8) is 0 Å². The lowest BCUT2D eigenvalue weighted by Gasteiger charge is -2.20. The van der Waals surface area contributed by atoms with E-state index in [1.807, 2.05) is 45.0 Å². The maximum absolute atomic E-state index is 12.6. The van der Waals surface area contributed by atoms with Crippen molar-refractivity contribution in [2.24, 2.45) is 0 Å². The van der Waals surface area contributed by atoms with Crippen molar-refractivity contribution in [3.8, 4) is 5.75 Å².